The number of nitrogens with two attached hydrogens (primary N) is 3. The minimum absolute atomic E-state index is 0.0998. The number of carbonyl (C=O) groups excluding carboxylic acids is 16. The molecule has 1 saturated heterocycles. The molecule has 0 saturated carbocycles. The van der Waals surface area contributed by atoms with Crippen LogP contribution >= 0.6 is 0 Å². The van der Waals surface area contributed by atoms with Crippen molar-refractivity contribution in [3.63, 3.8) is 0 Å². The summed E-state index contributed by atoms with van der Waals surface area (Å²) in [6, 6.07) is -3.37. The number of hydrogen-bond donors (Lipinski definition) is 22. The highest BCUT2D eigenvalue weighted by atomic mass is 16.5. The molecule has 5 rings (SSSR count). The Balaban J connectivity index is 1.61. The number of allylic oxidation sites excluding steroid dienone is 1. The number of anilines is 1. The third-order valence-corrected chi connectivity index (χ3v) is 18.7. The molecule has 43 heteroatoms. The molecule has 120 heavy (non-hydrogen) atoms. The Bertz CT molecular complexity index is 4490. The van der Waals surface area contributed by atoms with Gasteiger partial charge in [0.25, 0.3) is 0 Å². The summed E-state index contributed by atoms with van der Waals surface area (Å²) in [5, 5.41) is 78.7. The van der Waals surface area contributed by atoms with Crippen molar-refractivity contribution in [1.82, 2.24) is 74.1 Å². The number of para-hydroxylation sites is 2. The Hall–Kier alpha value is -13.7. The number of fused-ring (bicyclic) bond motifs is 1. The number of aliphatic carboxylic acids is 4. The van der Waals surface area contributed by atoms with Crippen molar-refractivity contribution in [2.45, 2.75) is 191 Å². The lowest BCUT2D eigenvalue weighted by Gasteiger charge is -2.30. The Morgan fingerprint density at radius 3 is 1.73 bits per heavy atom. The van der Waals surface area contributed by atoms with Gasteiger partial charge in [0.1, 0.15) is 72.6 Å². The van der Waals surface area contributed by atoms with Gasteiger partial charge in [-0.1, -0.05) is 81.3 Å². The van der Waals surface area contributed by atoms with Crippen molar-refractivity contribution < 1.29 is 126 Å². The second-order valence-corrected chi connectivity index (χ2v) is 28.3. The fourth-order valence-electron chi connectivity index (χ4n) is 12.2. The van der Waals surface area contributed by atoms with Crippen LogP contribution in [-0.2, 0) is 109 Å². The van der Waals surface area contributed by atoms with E-state index in [4.69, 9.17) is 21.9 Å². The predicted molar refractivity (Wildman–Crippen MR) is 421 cm³/mol. The third-order valence-electron chi connectivity index (χ3n) is 18.7. The normalized spacial score (nSPS) is 20.9. The monoisotopic (exact) mass is 1680 g/mol. The van der Waals surface area contributed by atoms with E-state index in [1.54, 1.807) is 37.4 Å². The molecule has 1 aliphatic heterocycles. The van der Waals surface area contributed by atoms with Gasteiger partial charge in [-0.3, -0.25) is 91.1 Å². The molecular weight excluding hydrogens is 1580 g/mol. The number of carboxylic acid groups (broad SMARTS) is 4. The van der Waals surface area contributed by atoms with E-state index >= 15 is 0 Å². The van der Waals surface area contributed by atoms with E-state index in [2.05, 4.69) is 65.1 Å². The first-order valence-corrected chi connectivity index (χ1v) is 38.0. The van der Waals surface area contributed by atoms with Gasteiger partial charge >= 0.3 is 29.8 Å². The highest BCUT2D eigenvalue weighted by Crippen LogP contribution is 2.22. The first kappa shape index (κ1) is 96.8. The number of hydrogen-bond acceptors (Lipinski definition) is 24. The number of ketones is 1. The van der Waals surface area contributed by atoms with Crippen molar-refractivity contribution in [1.29, 1.82) is 0 Å². The Labute approximate surface area is 685 Å². The maximum Gasteiger partial charge on any atom is 0.329 e. The Kier molecular flexibility index (Phi) is 38.3. The van der Waals surface area contributed by atoms with Gasteiger partial charge in [0.05, 0.1) is 51.8 Å². The van der Waals surface area contributed by atoms with E-state index in [0.29, 0.717) is 27.6 Å². The van der Waals surface area contributed by atoms with Crippen LogP contribution in [0.2, 0.25) is 0 Å². The molecule has 13 atom stereocenters. The second kappa shape index (κ2) is 47.5. The smallest absolute Gasteiger partial charge is 0.329 e. The van der Waals surface area contributed by atoms with E-state index in [1.165, 1.54) is 30.3 Å². The average molecular weight is 1680 g/mol. The average Bonchev–Trinajstić information content (AvgIpc) is 1.76. The largest absolute Gasteiger partial charge is 0.481 e. The minimum atomic E-state index is -2.47. The molecule has 43 nitrogen and oxygen atoms in total. The summed E-state index contributed by atoms with van der Waals surface area (Å²) in [5.41, 5.74) is 20.3. The number of carbonyl (C=O) groups is 20. The Morgan fingerprint density at radius 2 is 1.13 bits per heavy atom. The van der Waals surface area contributed by atoms with Crippen LogP contribution in [0.3, 0.4) is 0 Å². The number of aliphatic hydroxyl groups is 1. The van der Waals surface area contributed by atoms with Crippen LogP contribution < -0.4 is 86.3 Å². The number of aryl methyl sites for hydroxylation is 1. The van der Waals surface area contributed by atoms with Gasteiger partial charge in [0.2, 0.25) is 82.7 Å². The van der Waals surface area contributed by atoms with Crippen LogP contribution in [0.5, 0.6) is 0 Å². The van der Waals surface area contributed by atoms with Crippen molar-refractivity contribution >= 4 is 140 Å². The summed E-state index contributed by atoms with van der Waals surface area (Å²) in [6.07, 6.45) is -3.41. The number of esters is 1. The van der Waals surface area contributed by atoms with Crippen molar-refractivity contribution in [3.8, 4) is 0 Å². The van der Waals surface area contributed by atoms with Crippen LogP contribution in [0, 0.1) is 5.92 Å². The van der Waals surface area contributed by atoms with Gasteiger partial charge in [-0.25, -0.2) is 4.79 Å². The van der Waals surface area contributed by atoms with E-state index < -0.39 is 261 Å². The summed E-state index contributed by atoms with van der Waals surface area (Å²) in [6.45, 7) is 2.75. The molecule has 0 radical (unpaired) electrons. The summed E-state index contributed by atoms with van der Waals surface area (Å²) in [5.74, 6) is -30.2. The fraction of sp³-hybridized carbons (Fsp3) is 0.455. The molecule has 2 heterocycles. The highest BCUT2D eigenvalue weighted by Gasteiger charge is 2.41. The van der Waals surface area contributed by atoms with Crippen LogP contribution in [-0.4, -0.2) is 248 Å². The van der Waals surface area contributed by atoms with Crippen LogP contribution in [0.25, 0.3) is 16.5 Å². The van der Waals surface area contributed by atoms with Crippen molar-refractivity contribution in [2.75, 3.05) is 32.0 Å². The van der Waals surface area contributed by atoms with Gasteiger partial charge in [-0.05, 0) is 99.4 Å². The highest BCUT2D eigenvalue weighted by molar-refractivity contribution is 6.06. The van der Waals surface area contributed by atoms with E-state index in [-0.39, 0.29) is 30.6 Å². The zero-order valence-electron chi connectivity index (χ0n) is 66.2. The number of cyclic esters (lactones) is 1. The van der Waals surface area contributed by atoms with Gasteiger partial charge in [0.15, 0.2) is 5.78 Å². The lowest BCUT2D eigenvalue weighted by Crippen LogP contribution is -2.62. The minimum Gasteiger partial charge on any atom is -0.481 e. The molecule has 1 aliphatic rings. The number of carboxylic acids is 4. The predicted octanol–water partition coefficient (Wildman–Crippen LogP) is -4.93. The number of Topliss-reactive ketones (excluding diaryl/α,β-unsaturated/α-hetero) is 1. The zero-order valence-corrected chi connectivity index (χ0v) is 66.2. The van der Waals surface area contributed by atoms with Gasteiger partial charge in [-0.2, -0.15) is 0 Å². The first-order valence-electron chi connectivity index (χ1n) is 38.0. The number of rotatable bonds is 33. The van der Waals surface area contributed by atoms with E-state index in [9.17, 15) is 121 Å². The molecule has 4 aromatic rings. The fourth-order valence-corrected chi connectivity index (χ4v) is 12.2. The molecule has 1 aromatic heterocycles. The van der Waals surface area contributed by atoms with Gasteiger partial charge < -0.3 is 122 Å². The second-order valence-electron chi connectivity index (χ2n) is 28.3. The number of ether oxygens (including phenoxy) is 1. The number of amides is 14. The molecule has 1 fully saturated rings. The number of H-pyrrole nitrogens is 1. The topological polar surface area (TPSA) is 702 Å². The third kappa shape index (κ3) is 31.4. The Morgan fingerprint density at radius 1 is 0.575 bits per heavy atom. The maximum atomic E-state index is 14.9. The molecule has 25 N–H and O–H groups in total. The van der Waals surface area contributed by atoms with Gasteiger partial charge in [0, 0.05) is 47.3 Å². The van der Waals surface area contributed by atoms with Crippen molar-refractivity contribution in [2.24, 2.45) is 17.4 Å². The van der Waals surface area contributed by atoms with Crippen LogP contribution in [0.1, 0.15) is 132 Å². The molecule has 0 bridgehead atoms. The molecule has 13 unspecified atom stereocenters. The summed E-state index contributed by atoms with van der Waals surface area (Å²) < 4.78 is 5.69. The molecular formula is C77H101N17O26. The maximum absolute atomic E-state index is 14.9. The number of primary amides is 1. The molecule has 14 amide bonds. The van der Waals surface area contributed by atoms with E-state index in [1.807, 2.05) is 40.2 Å². The number of aromatic amines is 1. The lowest BCUT2D eigenvalue weighted by atomic mass is 9.96. The zero-order chi connectivity index (χ0) is 89.2. The summed E-state index contributed by atoms with van der Waals surface area (Å²) in [7, 11) is 0. The SMILES string of the molecule is CCCCCc1ccc(/C(C)=C\C(=O)NC(Cc2c[nH]c3ccccc23)C(=O)NC(CC(N)=O)C(=O)NC(CC(=O)O)C(=O)NC2C(=O)NCC(=O)NC(CCCN)C(=O)NC(CC(=O)O)C(=O)NC(C)C(=O)NC(CC(=O)O)C(=O)NCC(=O)NC(CO)C(=O)NC(C(C)CC(=O)O)C(=O)NC(CC(=O)c3ccccc3N)C(=O)OC2C)cc1. The number of benzene rings is 3. The molecule has 0 spiro atoms. The molecule has 0 aliphatic carbocycles. The number of unbranched alkanes of at least 4 members (excludes halogenated alkanes) is 2. The van der Waals surface area contributed by atoms with Crippen LogP contribution in [0.4, 0.5) is 5.69 Å². The molecule has 650 valence electrons. The molecule has 3 aromatic carbocycles. The first-order chi connectivity index (χ1) is 56.7. The summed E-state index contributed by atoms with van der Waals surface area (Å²) in [4.78, 5) is 278. The number of nitrogen functional groups attached to an aromatic ring is 1. The quantitative estimate of drug-likeness (QED) is 0.00699. The standard InChI is InChI=1S/C77H101N17O26/c1-6-7-8-14-41-20-22-42(23-21-41)37(2)25-58(98)86-49(27-43-33-81-47-18-12-10-15-44(43)47)71(113)89-50(29-57(80)97)72(114)91-53(32-64(107)108)73(115)94-66-40(5)120-77(119)54(28-56(96)45-16-9-11-17-46(45)79)92-76(118)65(38(3)26-61(101)102)93-74(116)55(36-95)87-60(100)34-82-68(110)51(30-62(103)104)88-67(109)39(4)84-70(112)52(31-63(105)106)90-69(111)48(19-13-24-78)85-59(99)35-83-75(66)117/h9-12,15-18,20-23,25,33,38-40,48-55,65-66,81,95H,6-8,13-14,19,24,26-32,34-36,78-79H2,1-5H3,(H2,80,97)(H,82,110)(H,83,117)(H,84,112)(H,85,99)(H,86,98)(H,87,100)(H,88,109)(H,89,113)(H,90,111)(H,91,114)(H,92,118)(H,93,116)(H,94,115)(H,101,102)(H,103,104)(H,105,106)(H,107,108)/b37-25-. The lowest BCUT2D eigenvalue weighted by molar-refractivity contribution is -0.156. The van der Waals surface area contributed by atoms with E-state index in [0.717, 1.165) is 52.0 Å². The number of aromatic nitrogens is 1. The van der Waals surface area contributed by atoms with Crippen LogP contribution in [0.15, 0.2) is 85.1 Å². The van der Waals surface area contributed by atoms with Gasteiger partial charge in [-0.15, -0.1) is 0 Å². The number of nitrogens with one attached hydrogen (secondary N) is 14. The number of aliphatic hydroxyl groups excluding tert-OH is 1. The summed E-state index contributed by atoms with van der Waals surface area (Å²) >= 11 is 0. The van der Waals surface area contributed by atoms with Crippen molar-refractivity contribution in [3.05, 3.63) is 107 Å².